The van der Waals surface area contributed by atoms with E-state index in [4.69, 9.17) is 10.00 Å². The minimum atomic E-state index is -0.779. The summed E-state index contributed by atoms with van der Waals surface area (Å²) >= 11 is 0. The van der Waals surface area contributed by atoms with Crippen molar-refractivity contribution in [1.82, 2.24) is 0 Å². The highest BCUT2D eigenvalue weighted by atomic mass is 16.6. The highest BCUT2D eigenvalue weighted by molar-refractivity contribution is 5.86. The van der Waals surface area contributed by atoms with Crippen molar-refractivity contribution < 1.29 is 19.2 Å². The van der Waals surface area contributed by atoms with Crippen LogP contribution in [0.15, 0.2) is 12.1 Å². The molecular weight excluding hydrogens is 252 g/mol. The fourth-order valence-electron chi connectivity index (χ4n) is 1.61. The summed E-state index contributed by atoms with van der Waals surface area (Å²) in [6.45, 7) is 1.72. The number of carbonyl (C=O) groups is 2. The summed E-state index contributed by atoms with van der Waals surface area (Å²) in [6.07, 6.45) is -0.108. The molecule has 19 heavy (non-hydrogen) atoms. The maximum Gasteiger partial charge on any atom is 0.310 e. The molecule has 0 aliphatic rings. The number of aldehydes is 1. The van der Waals surface area contributed by atoms with Crippen LogP contribution in [-0.4, -0.2) is 23.8 Å². The van der Waals surface area contributed by atoms with Crippen molar-refractivity contribution >= 4 is 17.9 Å². The Morgan fingerprint density at radius 1 is 1.58 bits per heavy atom. The van der Waals surface area contributed by atoms with Gasteiger partial charge in [-0.15, -0.1) is 0 Å². The van der Waals surface area contributed by atoms with Gasteiger partial charge in [0.1, 0.15) is 0 Å². The Hall–Kier alpha value is -2.75. The number of hydrogen-bond donors (Lipinski definition) is 0. The van der Waals surface area contributed by atoms with E-state index in [-0.39, 0.29) is 23.3 Å². The summed E-state index contributed by atoms with van der Waals surface area (Å²) in [5.41, 5.74) is -0.827. The standard InChI is InChI=1S/C12H10N2O5/c1-2-19-11(16)5-10-8(6-13)3-4-9(7-15)12(10)14(17)18/h3-4,7H,2,5H2,1H3. The van der Waals surface area contributed by atoms with Gasteiger partial charge >= 0.3 is 5.97 Å². The van der Waals surface area contributed by atoms with Gasteiger partial charge < -0.3 is 4.74 Å². The third-order valence-corrected chi connectivity index (χ3v) is 2.37. The lowest BCUT2D eigenvalue weighted by Crippen LogP contribution is -2.12. The second kappa shape index (κ2) is 6.26. The van der Waals surface area contributed by atoms with E-state index >= 15 is 0 Å². The number of nitriles is 1. The van der Waals surface area contributed by atoms with E-state index in [0.29, 0.717) is 6.29 Å². The molecule has 0 aliphatic carbocycles. The molecule has 0 aliphatic heterocycles. The van der Waals surface area contributed by atoms with Crippen molar-refractivity contribution in [1.29, 1.82) is 5.26 Å². The maximum absolute atomic E-state index is 11.4. The van der Waals surface area contributed by atoms with Crippen LogP contribution < -0.4 is 0 Å². The average molecular weight is 262 g/mol. The van der Waals surface area contributed by atoms with E-state index in [1.54, 1.807) is 13.0 Å². The number of ether oxygens (including phenoxy) is 1. The molecule has 0 amide bonds. The van der Waals surface area contributed by atoms with E-state index < -0.39 is 23.0 Å². The third-order valence-electron chi connectivity index (χ3n) is 2.37. The SMILES string of the molecule is CCOC(=O)Cc1c(C#N)ccc(C=O)c1[N+](=O)[O-]. The predicted molar refractivity (Wildman–Crippen MR) is 63.5 cm³/mol. The first-order valence-electron chi connectivity index (χ1n) is 5.36. The Balaban J connectivity index is 3.40. The van der Waals surface area contributed by atoms with Gasteiger partial charge in [0.2, 0.25) is 0 Å². The van der Waals surface area contributed by atoms with E-state index in [1.165, 1.54) is 12.1 Å². The van der Waals surface area contributed by atoms with Crippen molar-refractivity contribution in [2.45, 2.75) is 13.3 Å². The molecule has 1 rings (SSSR count). The van der Waals surface area contributed by atoms with E-state index in [1.807, 2.05) is 0 Å². The first-order chi connectivity index (χ1) is 9.04. The summed E-state index contributed by atoms with van der Waals surface area (Å²) in [7, 11) is 0. The molecule has 7 heteroatoms. The second-order valence-corrected chi connectivity index (χ2v) is 3.50. The molecule has 1 aromatic carbocycles. The lowest BCUT2D eigenvalue weighted by molar-refractivity contribution is -0.385. The van der Waals surface area contributed by atoms with Gasteiger partial charge in [-0.25, -0.2) is 0 Å². The molecule has 0 unspecified atom stereocenters. The topological polar surface area (TPSA) is 110 Å². The highest BCUT2D eigenvalue weighted by Gasteiger charge is 2.25. The zero-order valence-corrected chi connectivity index (χ0v) is 10.1. The van der Waals surface area contributed by atoms with Crippen LogP contribution >= 0.6 is 0 Å². The predicted octanol–water partition coefficient (Wildman–Crippen LogP) is 1.38. The van der Waals surface area contributed by atoms with Gasteiger partial charge in [0.25, 0.3) is 5.69 Å². The molecule has 0 saturated heterocycles. The molecule has 0 N–H and O–H groups in total. The average Bonchev–Trinajstić information content (AvgIpc) is 2.37. The monoisotopic (exact) mass is 262 g/mol. The number of nitro groups is 1. The Labute approximate surface area is 108 Å². The van der Waals surface area contributed by atoms with Gasteiger partial charge in [-0.2, -0.15) is 5.26 Å². The maximum atomic E-state index is 11.4. The Morgan fingerprint density at radius 2 is 2.26 bits per heavy atom. The first-order valence-corrected chi connectivity index (χ1v) is 5.36. The highest BCUT2D eigenvalue weighted by Crippen LogP contribution is 2.26. The van der Waals surface area contributed by atoms with Gasteiger partial charge in [-0.05, 0) is 19.1 Å². The fraction of sp³-hybridized carbons (Fsp3) is 0.250. The van der Waals surface area contributed by atoms with Crippen LogP contribution in [0, 0.1) is 21.4 Å². The summed E-state index contributed by atoms with van der Waals surface area (Å²) in [5, 5.41) is 19.9. The molecule has 7 nitrogen and oxygen atoms in total. The Kier molecular flexibility index (Phi) is 4.71. The van der Waals surface area contributed by atoms with Crippen LogP contribution in [0.25, 0.3) is 0 Å². The number of nitro benzene ring substituents is 1. The van der Waals surface area contributed by atoms with Crippen LogP contribution in [0.1, 0.15) is 28.4 Å². The first kappa shape index (κ1) is 14.3. The summed E-state index contributed by atoms with van der Waals surface area (Å²) < 4.78 is 4.69. The number of benzene rings is 1. The van der Waals surface area contributed by atoms with Gasteiger partial charge in [0.15, 0.2) is 6.29 Å². The van der Waals surface area contributed by atoms with Gasteiger partial charge in [0.05, 0.1) is 40.7 Å². The van der Waals surface area contributed by atoms with Crippen molar-refractivity contribution in [3.05, 3.63) is 38.9 Å². The molecule has 0 saturated carbocycles. The molecule has 0 atom stereocenters. The Bertz CT molecular complexity index is 574. The quantitative estimate of drug-likeness (QED) is 0.343. The second-order valence-electron chi connectivity index (χ2n) is 3.50. The summed E-state index contributed by atoms with van der Waals surface area (Å²) in [6, 6.07) is 4.21. The summed E-state index contributed by atoms with van der Waals surface area (Å²) in [4.78, 5) is 32.4. The number of hydrogen-bond acceptors (Lipinski definition) is 6. The van der Waals surface area contributed by atoms with Crippen molar-refractivity contribution in [3.8, 4) is 6.07 Å². The smallest absolute Gasteiger partial charge is 0.310 e. The summed E-state index contributed by atoms with van der Waals surface area (Å²) in [5.74, 6) is -0.690. The molecular formula is C12H10N2O5. The molecule has 0 heterocycles. The number of rotatable bonds is 5. The lowest BCUT2D eigenvalue weighted by atomic mass is 9.99. The number of carbonyl (C=O) groups excluding carboxylic acids is 2. The molecule has 98 valence electrons. The normalized spacial score (nSPS) is 9.47. The van der Waals surface area contributed by atoms with Crippen LogP contribution in [0.2, 0.25) is 0 Å². The van der Waals surface area contributed by atoms with Crippen molar-refractivity contribution in [3.63, 3.8) is 0 Å². The molecule has 0 radical (unpaired) electrons. The minimum Gasteiger partial charge on any atom is -0.466 e. The van der Waals surface area contributed by atoms with Crippen molar-refractivity contribution in [2.24, 2.45) is 0 Å². The third kappa shape index (κ3) is 3.13. The molecule has 0 aromatic heterocycles. The molecule has 0 spiro atoms. The minimum absolute atomic E-state index is 0.0228. The van der Waals surface area contributed by atoms with E-state index in [2.05, 4.69) is 0 Å². The van der Waals surface area contributed by atoms with Gasteiger partial charge in [-0.3, -0.25) is 19.7 Å². The molecule has 0 fully saturated rings. The zero-order chi connectivity index (χ0) is 14.4. The molecule has 0 bridgehead atoms. The number of nitrogens with zero attached hydrogens (tertiary/aromatic N) is 2. The van der Waals surface area contributed by atoms with E-state index in [0.717, 1.165) is 0 Å². The molecule has 1 aromatic rings. The van der Waals surface area contributed by atoms with Gasteiger partial charge in [-0.1, -0.05) is 0 Å². The van der Waals surface area contributed by atoms with Crippen LogP contribution in [0.3, 0.4) is 0 Å². The van der Waals surface area contributed by atoms with Crippen LogP contribution in [-0.2, 0) is 16.0 Å². The van der Waals surface area contributed by atoms with Crippen LogP contribution in [0.5, 0.6) is 0 Å². The van der Waals surface area contributed by atoms with Gasteiger partial charge in [0, 0.05) is 0 Å². The lowest BCUT2D eigenvalue weighted by Gasteiger charge is -2.06. The number of esters is 1. The fourth-order valence-corrected chi connectivity index (χ4v) is 1.61. The Morgan fingerprint density at radius 3 is 2.74 bits per heavy atom. The largest absolute Gasteiger partial charge is 0.466 e. The van der Waals surface area contributed by atoms with Crippen molar-refractivity contribution in [2.75, 3.05) is 6.61 Å². The zero-order valence-electron chi connectivity index (χ0n) is 10.1. The van der Waals surface area contributed by atoms with Crippen LogP contribution in [0.4, 0.5) is 5.69 Å². The van der Waals surface area contributed by atoms with E-state index in [9.17, 15) is 19.7 Å².